The van der Waals surface area contributed by atoms with Crippen molar-refractivity contribution in [3.8, 4) is 0 Å². The van der Waals surface area contributed by atoms with Gasteiger partial charge < -0.3 is 5.73 Å². The molecule has 0 aliphatic rings. The average Bonchev–Trinajstić information content (AvgIpc) is 2.00. The predicted octanol–water partition coefficient (Wildman–Crippen LogP) is 2.76. The van der Waals surface area contributed by atoms with E-state index in [-0.39, 0.29) is 17.2 Å². The summed E-state index contributed by atoms with van der Waals surface area (Å²) in [7, 11) is 0. The Labute approximate surface area is 88.3 Å². The second kappa shape index (κ2) is 5.50. The van der Waals surface area contributed by atoms with Crippen LogP contribution in [-0.4, -0.2) is 11.8 Å². The van der Waals surface area contributed by atoms with Crippen LogP contribution in [0.25, 0.3) is 0 Å². The molecule has 0 unspecified atom stereocenters. The van der Waals surface area contributed by atoms with Gasteiger partial charge in [-0.2, -0.15) is 0 Å². The fraction of sp³-hybridized carbons (Fsp3) is 0.917. The number of hydrogen-bond acceptors (Lipinski definition) is 2. The van der Waals surface area contributed by atoms with Crippen LogP contribution in [0, 0.1) is 11.3 Å². The molecule has 0 rings (SSSR count). The molecule has 0 saturated carbocycles. The van der Waals surface area contributed by atoms with Crippen molar-refractivity contribution in [2.75, 3.05) is 0 Å². The predicted molar refractivity (Wildman–Crippen MR) is 61.1 cm³/mol. The van der Waals surface area contributed by atoms with E-state index in [0.29, 0.717) is 0 Å². The topological polar surface area (TPSA) is 43.1 Å². The lowest BCUT2D eigenvalue weighted by molar-refractivity contribution is -0.118. The molecule has 0 aromatic carbocycles. The van der Waals surface area contributed by atoms with E-state index in [1.54, 1.807) is 6.92 Å². The van der Waals surface area contributed by atoms with E-state index >= 15 is 0 Å². The van der Waals surface area contributed by atoms with Crippen LogP contribution in [0.3, 0.4) is 0 Å². The zero-order chi connectivity index (χ0) is 11.4. The van der Waals surface area contributed by atoms with Gasteiger partial charge in [-0.3, -0.25) is 4.79 Å². The van der Waals surface area contributed by atoms with E-state index < -0.39 is 0 Å². The van der Waals surface area contributed by atoms with E-state index in [1.807, 2.05) is 0 Å². The van der Waals surface area contributed by atoms with Crippen LogP contribution in [0.4, 0.5) is 0 Å². The number of Topliss-reactive ketones (excluding diaryl/α,β-unsaturated/α-hetero) is 1. The van der Waals surface area contributed by atoms with Gasteiger partial charge in [0.1, 0.15) is 5.78 Å². The summed E-state index contributed by atoms with van der Waals surface area (Å²) in [4.78, 5) is 11.0. The standard InChI is InChI=1S/C12H25NO/c1-9(2)6-7-12(4,5)8-11(13)10(3)14/h9,11H,6-8,13H2,1-5H3/t11-/m0/s1. The largest absolute Gasteiger partial charge is 0.322 e. The minimum absolute atomic E-state index is 0.0996. The number of rotatable bonds is 6. The molecule has 0 radical (unpaired) electrons. The van der Waals surface area contributed by atoms with Crippen molar-refractivity contribution in [1.82, 2.24) is 0 Å². The second-order valence-corrected chi connectivity index (χ2v) is 5.52. The van der Waals surface area contributed by atoms with E-state index in [2.05, 4.69) is 27.7 Å². The molecular weight excluding hydrogens is 174 g/mol. The van der Waals surface area contributed by atoms with Crippen molar-refractivity contribution in [3.63, 3.8) is 0 Å². The van der Waals surface area contributed by atoms with Crippen molar-refractivity contribution < 1.29 is 4.79 Å². The molecule has 0 fully saturated rings. The summed E-state index contributed by atoms with van der Waals surface area (Å²) in [5, 5.41) is 0. The maximum Gasteiger partial charge on any atom is 0.146 e. The van der Waals surface area contributed by atoms with Crippen LogP contribution in [0.2, 0.25) is 0 Å². The van der Waals surface area contributed by atoms with Gasteiger partial charge in [0.25, 0.3) is 0 Å². The fourth-order valence-electron chi connectivity index (χ4n) is 1.52. The molecule has 2 heteroatoms. The van der Waals surface area contributed by atoms with E-state index in [1.165, 1.54) is 6.42 Å². The molecule has 0 saturated heterocycles. The van der Waals surface area contributed by atoms with Crippen LogP contribution in [0.15, 0.2) is 0 Å². The average molecular weight is 199 g/mol. The first-order valence-electron chi connectivity index (χ1n) is 5.50. The zero-order valence-corrected chi connectivity index (χ0v) is 10.3. The lowest BCUT2D eigenvalue weighted by atomic mass is 9.79. The normalized spacial score (nSPS) is 14.5. The molecule has 0 spiro atoms. The Morgan fingerprint density at radius 2 is 1.86 bits per heavy atom. The Balaban J connectivity index is 3.99. The van der Waals surface area contributed by atoms with Crippen LogP contribution < -0.4 is 5.73 Å². The van der Waals surface area contributed by atoms with Gasteiger partial charge >= 0.3 is 0 Å². The molecule has 84 valence electrons. The van der Waals surface area contributed by atoms with Crippen molar-refractivity contribution in [3.05, 3.63) is 0 Å². The molecule has 2 N–H and O–H groups in total. The third-order valence-electron chi connectivity index (χ3n) is 2.69. The second-order valence-electron chi connectivity index (χ2n) is 5.52. The summed E-state index contributed by atoms with van der Waals surface area (Å²) in [6, 6.07) is -0.280. The molecule has 0 aromatic rings. The third kappa shape index (κ3) is 6.14. The van der Waals surface area contributed by atoms with Gasteiger partial charge in [-0.05, 0) is 31.1 Å². The highest BCUT2D eigenvalue weighted by Crippen LogP contribution is 2.29. The molecule has 0 aliphatic carbocycles. The smallest absolute Gasteiger partial charge is 0.146 e. The highest BCUT2D eigenvalue weighted by Gasteiger charge is 2.23. The van der Waals surface area contributed by atoms with E-state index in [9.17, 15) is 4.79 Å². The van der Waals surface area contributed by atoms with Gasteiger partial charge in [0.05, 0.1) is 6.04 Å². The Bertz CT molecular complexity index is 185. The summed E-state index contributed by atoms with van der Waals surface area (Å²) >= 11 is 0. The SMILES string of the molecule is CC(=O)[C@@H](N)CC(C)(C)CCC(C)C. The van der Waals surface area contributed by atoms with Gasteiger partial charge in [0.15, 0.2) is 0 Å². The molecule has 0 aliphatic heterocycles. The lowest BCUT2D eigenvalue weighted by Gasteiger charge is -2.27. The van der Waals surface area contributed by atoms with Crippen LogP contribution >= 0.6 is 0 Å². The first-order valence-corrected chi connectivity index (χ1v) is 5.50. The summed E-state index contributed by atoms with van der Waals surface area (Å²) in [5.74, 6) is 0.824. The first kappa shape index (κ1) is 13.6. The fourth-order valence-corrected chi connectivity index (χ4v) is 1.52. The molecule has 1 atom stereocenters. The number of carbonyl (C=O) groups excluding carboxylic acids is 1. The van der Waals surface area contributed by atoms with E-state index in [4.69, 9.17) is 5.73 Å². The van der Waals surface area contributed by atoms with Crippen molar-refractivity contribution in [2.24, 2.45) is 17.1 Å². The third-order valence-corrected chi connectivity index (χ3v) is 2.69. The van der Waals surface area contributed by atoms with Gasteiger partial charge in [-0.1, -0.05) is 34.1 Å². The minimum Gasteiger partial charge on any atom is -0.322 e. The van der Waals surface area contributed by atoms with Gasteiger partial charge in [0, 0.05) is 0 Å². The Hall–Kier alpha value is -0.370. The highest BCUT2D eigenvalue weighted by atomic mass is 16.1. The summed E-state index contributed by atoms with van der Waals surface area (Å²) in [5.41, 5.74) is 5.95. The number of ketones is 1. The summed E-state index contributed by atoms with van der Waals surface area (Å²) < 4.78 is 0. The Kier molecular flexibility index (Phi) is 5.35. The molecular formula is C12H25NO. The summed E-state index contributed by atoms with van der Waals surface area (Å²) in [6.07, 6.45) is 3.15. The molecule has 2 nitrogen and oxygen atoms in total. The van der Waals surface area contributed by atoms with Crippen molar-refractivity contribution >= 4 is 5.78 Å². The van der Waals surface area contributed by atoms with Gasteiger partial charge in [-0.25, -0.2) is 0 Å². The highest BCUT2D eigenvalue weighted by molar-refractivity contribution is 5.81. The monoisotopic (exact) mass is 199 g/mol. The molecule has 14 heavy (non-hydrogen) atoms. The van der Waals surface area contributed by atoms with Crippen LogP contribution in [0.5, 0.6) is 0 Å². The van der Waals surface area contributed by atoms with Gasteiger partial charge in [-0.15, -0.1) is 0 Å². The Morgan fingerprint density at radius 1 is 1.36 bits per heavy atom. The van der Waals surface area contributed by atoms with Crippen molar-refractivity contribution in [2.45, 2.75) is 59.9 Å². The number of hydrogen-bond donors (Lipinski definition) is 1. The van der Waals surface area contributed by atoms with Gasteiger partial charge in [0.2, 0.25) is 0 Å². The van der Waals surface area contributed by atoms with Crippen molar-refractivity contribution in [1.29, 1.82) is 0 Å². The maximum absolute atomic E-state index is 11.0. The quantitative estimate of drug-likeness (QED) is 0.714. The maximum atomic E-state index is 11.0. The van der Waals surface area contributed by atoms with Crippen LogP contribution in [0.1, 0.15) is 53.9 Å². The molecule has 0 heterocycles. The minimum atomic E-state index is -0.280. The molecule has 0 bridgehead atoms. The number of carbonyl (C=O) groups is 1. The van der Waals surface area contributed by atoms with Crippen LogP contribution in [-0.2, 0) is 4.79 Å². The van der Waals surface area contributed by atoms with E-state index in [0.717, 1.165) is 18.8 Å². The Morgan fingerprint density at radius 3 is 2.21 bits per heavy atom. The molecule has 0 aromatic heterocycles. The lowest BCUT2D eigenvalue weighted by Crippen LogP contribution is -2.33. The molecule has 0 amide bonds. The summed E-state index contributed by atoms with van der Waals surface area (Å²) in [6.45, 7) is 10.4. The first-order chi connectivity index (χ1) is 6.24. The number of nitrogens with two attached hydrogens (primary N) is 1. The zero-order valence-electron chi connectivity index (χ0n) is 10.3.